The van der Waals surface area contributed by atoms with Gasteiger partial charge in [-0.25, -0.2) is 9.36 Å². The Morgan fingerprint density at radius 1 is 1.29 bits per heavy atom. The van der Waals surface area contributed by atoms with Crippen LogP contribution in [0.15, 0.2) is 35.3 Å². The quantitative estimate of drug-likeness (QED) is 0.714. The molecule has 0 saturated heterocycles. The smallest absolute Gasteiger partial charge is 0.295 e. The van der Waals surface area contributed by atoms with E-state index in [1.807, 2.05) is 18.2 Å². The lowest BCUT2D eigenvalue weighted by molar-refractivity contribution is 0.180. The topological polar surface area (TPSA) is 61.9 Å². The summed E-state index contributed by atoms with van der Waals surface area (Å²) in [5.41, 5.74) is 1.68. The van der Waals surface area contributed by atoms with Gasteiger partial charge in [-0.1, -0.05) is 23.7 Å². The summed E-state index contributed by atoms with van der Waals surface area (Å²) in [6.45, 7) is 0.972. The van der Waals surface area contributed by atoms with Crippen molar-refractivity contribution in [3.05, 3.63) is 51.5 Å². The first kappa shape index (κ1) is 15.4. The van der Waals surface area contributed by atoms with Gasteiger partial charge >= 0.3 is 0 Å². The number of hydrogen-bond donors (Lipinski definition) is 0. The van der Waals surface area contributed by atoms with Gasteiger partial charge in [-0.05, 0) is 30.9 Å². The Balaban J connectivity index is 1.90. The van der Waals surface area contributed by atoms with Crippen LogP contribution in [0.5, 0.6) is 0 Å². The van der Waals surface area contributed by atoms with Gasteiger partial charge in [-0.2, -0.15) is 10.2 Å². The van der Waals surface area contributed by atoms with Gasteiger partial charge in [0.25, 0.3) is 5.56 Å². The van der Waals surface area contributed by atoms with Crippen molar-refractivity contribution in [2.45, 2.75) is 26.0 Å². The molecule has 2 aromatic heterocycles. The molecule has 0 N–H and O–H groups in total. The summed E-state index contributed by atoms with van der Waals surface area (Å²) in [4.78, 5) is 12.7. The van der Waals surface area contributed by atoms with Crippen LogP contribution >= 0.6 is 11.6 Å². The molecule has 0 radical (unpaired) electrons. The fourth-order valence-corrected chi connectivity index (χ4v) is 3.01. The molecule has 1 saturated carbocycles. The van der Waals surface area contributed by atoms with Crippen LogP contribution in [0.3, 0.4) is 0 Å². The minimum atomic E-state index is -0.164. The number of nitrogens with zero attached hydrogens (tertiary/aromatic N) is 4. The molecule has 0 atom stereocenters. The van der Waals surface area contributed by atoms with E-state index in [4.69, 9.17) is 16.3 Å². The lowest BCUT2D eigenvalue weighted by Gasteiger charge is -2.06. The molecule has 24 heavy (non-hydrogen) atoms. The number of benzene rings is 1. The zero-order valence-corrected chi connectivity index (χ0v) is 14.0. The van der Waals surface area contributed by atoms with Gasteiger partial charge in [0.2, 0.25) is 0 Å². The predicted octanol–water partition coefficient (Wildman–Crippen LogP) is 2.79. The third-order valence-electron chi connectivity index (χ3n) is 4.21. The Kier molecular flexibility index (Phi) is 3.86. The summed E-state index contributed by atoms with van der Waals surface area (Å²) < 4.78 is 8.41. The van der Waals surface area contributed by atoms with Crippen molar-refractivity contribution >= 4 is 22.5 Å². The Labute approximate surface area is 143 Å². The highest BCUT2D eigenvalue weighted by Gasteiger charge is 2.24. The lowest BCUT2D eigenvalue weighted by atomic mass is 10.2. The fourth-order valence-electron chi connectivity index (χ4n) is 2.78. The first-order chi connectivity index (χ1) is 11.7. The largest absolute Gasteiger partial charge is 0.378 e. The molecule has 124 valence electrons. The predicted molar refractivity (Wildman–Crippen MR) is 91.6 cm³/mol. The molecule has 4 rings (SSSR count). The molecule has 1 fully saturated rings. The van der Waals surface area contributed by atoms with Crippen molar-refractivity contribution in [1.29, 1.82) is 0 Å². The zero-order chi connectivity index (χ0) is 16.7. The van der Waals surface area contributed by atoms with Crippen LogP contribution in [0.1, 0.15) is 18.5 Å². The number of fused-ring (bicyclic) bond motifs is 1. The van der Waals surface area contributed by atoms with Gasteiger partial charge in [0, 0.05) is 19.9 Å². The summed E-state index contributed by atoms with van der Waals surface area (Å²) in [5, 5.41) is 10.2. The SMILES string of the molecule is COCc1nn(CC2CC2)c(=O)c2nn(-c3ccccc3Cl)cc12. The van der Waals surface area contributed by atoms with Crippen molar-refractivity contribution in [3.8, 4) is 5.69 Å². The van der Waals surface area contributed by atoms with Crippen LogP contribution in [-0.4, -0.2) is 26.7 Å². The minimum absolute atomic E-state index is 0.164. The molecule has 7 heteroatoms. The van der Waals surface area contributed by atoms with E-state index in [9.17, 15) is 4.79 Å². The fraction of sp³-hybridized carbons (Fsp3) is 0.353. The Morgan fingerprint density at radius 2 is 2.08 bits per heavy atom. The lowest BCUT2D eigenvalue weighted by Crippen LogP contribution is -2.25. The van der Waals surface area contributed by atoms with Crippen LogP contribution in [0.2, 0.25) is 5.02 Å². The van der Waals surface area contributed by atoms with Crippen LogP contribution in [0.4, 0.5) is 0 Å². The van der Waals surface area contributed by atoms with E-state index in [1.165, 1.54) is 4.68 Å². The highest BCUT2D eigenvalue weighted by Crippen LogP contribution is 2.30. The minimum Gasteiger partial charge on any atom is -0.378 e. The first-order valence-corrected chi connectivity index (χ1v) is 8.28. The second-order valence-corrected chi connectivity index (χ2v) is 6.50. The van der Waals surface area contributed by atoms with Gasteiger partial charge in [-0.15, -0.1) is 0 Å². The molecule has 0 spiro atoms. The van der Waals surface area contributed by atoms with Gasteiger partial charge in [0.05, 0.1) is 28.4 Å². The molecule has 0 unspecified atom stereocenters. The summed E-state index contributed by atoms with van der Waals surface area (Å²) in [6.07, 6.45) is 4.10. The number of halogens is 1. The van der Waals surface area contributed by atoms with Gasteiger partial charge in [0.1, 0.15) is 0 Å². The molecule has 1 aliphatic carbocycles. The molecule has 1 aliphatic rings. The second kappa shape index (κ2) is 6.03. The third-order valence-corrected chi connectivity index (χ3v) is 4.53. The van der Waals surface area contributed by atoms with E-state index in [2.05, 4.69) is 10.2 Å². The molecule has 6 nitrogen and oxygen atoms in total. The highest BCUT2D eigenvalue weighted by atomic mass is 35.5. The molecule has 3 aromatic rings. The van der Waals surface area contributed by atoms with Crippen LogP contribution in [0, 0.1) is 5.92 Å². The van der Waals surface area contributed by atoms with E-state index >= 15 is 0 Å². The monoisotopic (exact) mass is 344 g/mol. The standard InChI is InChI=1S/C17H17ClN4O2/c1-24-10-14-12-9-21(15-5-3-2-4-13(15)18)20-16(12)17(23)22(19-14)8-11-6-7-11/h2-5,9,11H,6-8,10H2,1H3. The number of hydrogen-bond acceptors (Lipinski definition) is 4. The number of para-hydroxylation sites is 1. The van der Waals surface area contributed by atoms with Crippen LogP contribution < -0.4 is 5.56 Å². The number of aromatic nitrogens is 4. The zero-order valence-electron chi connectivity index (χ0n) is 13.3. The van der Waals surface area contributed by atoms with E-state index in [0.717, 1.165) is 18.5 Å². The van der Waals surface area contributed by atoms with E-state index in [1.54, 1.807) is 24.1 Å². The second-order valence-electron chi connectivity index (χ2n) is 6.10. The van der Waals surface area contributed by atoms with Crippen LogP contribution in [0.25, 0.3) is 16.6 Å². The van der Waals surface area contributed by atoms with E-state index in [0.29, 0.717) is 40.7 Å². The summed E-state index contributed by atoms with van der Waals surface area (Å²) in [6, 6.07) is 7.39. The van der Waals surface area contributed by atoms with Crippen molar-refractivity contribution in [1.82, 2.24) is 19.6 Å². The Hall–Kier alpha value is -2.18. The molecule has 1 aromatic carbocycles. The molecule has 0 bridgehead atoms. The Bertz CT molecular complexity index is 959. The molecule has 0 aliphatic heterocycles. The number of methoxy groups -OCH3 is 1. The van der Waals surface area contributed by atoms with Crippen molar-refractivity contribution in [3.63, 3.8) is 0 Å². The average Bonchev–Trinajstić information content (AvgIpc) is 3.27. The van der Waals surface area contributed by atoms with E-state index in [-0.39, 0.29) is 5.56 Å². The average molecular weight is 345 g/mol. The van der Waals surface area contributed by atoms with Crippen molar-refractivity contribution in [2.24, 2.45) is 5.92 Å². The summed E-state index contributed by atoms with van der Waals surface area (Å²) in [7, 11) is 1.61. The van der Waals surface area contributed by atoms with Crippen molar-refractivity contribution < 1.29 is 4.74 Å². The van der Waals surface area contributed by atoms with E-state index < -0.39 is 0 Å². The maximum Gasteiger partial charge on any atom is 0.295 e. The number of ether oxygens (including phenoxy) is 1. The van der Waals surface area contributed by atoms with Gasteiger partial charge in [0.15, 0.2) is 5.52 Å². The maximum absolute atomic E-state index is 12.7. The number of rotatable bonds is 5. The Morgan fingerprint density at radius 3 is 2.79 bits per heavy atom. The third kappa shape index (κ3) is 2.72. The molecule has 0 amide bonds. The highest BCUT2D eigenvalue weighted by molar-refractivity contribution is 6.32. The molecular weight excluding hydrogens is 328 g/mol. The van der Waals surface area contributed by atoms with Gasteiger partial charge in [-0.3, -0.25) is 4.79 Å². The van der Waals surface area contributed by atoms with Gasteiger partial charge < -0.3 is 4.74 Å². The molecular formula is C17H17ClN4O2. The first-order valence-electron chi connectivity index (χ1n) is 7.90. The normalized spacial score (nSPS) is 14.4. The van der Waals surface area contributed by atoms with Crippen molar-refractivity contribution in [2.75, 3.05) is 7.11 Å². The summed E-state index contributed by atoms with van der Waals surface area (Å²) in [5.74, 6) is 0.550. The van der Waals surface area contributed by atoms with Crippen LogP contribution in [-0.2, 0) is 17.9 Å². The molecule has 2 heterocycles. The summed E-state index contributed by atoms with van der Waals surface area (Å²) >= 11 is 6.25. The maximum atomic E-state index is 12.7.